The van der Waals surface area contributed by atoms with Crippen molar-refractivity contribution in [2.24, 2.45) is 0 Å². The fourth-order valence-electron chi connectivity index (χ4n) is 3.21. The van der Waals surface area contributed by atoms with E-state index in [0.29, 0.717) is 17.8 Å². The molecule has 1 amide bonds. The summed E-state index contributed by atoms with van der Waals surface area (Å²) in [6.45, 7) is -0.285. The van der Waals surface area contributed by atoms with Crippen molar-refractivity contribution in [1.82, 2.24) is 34.9 Å². The minimum atomic E-state index is -0.879. The van der Waals surface area contributed by atoms with Crippen molar-refractivity contribution in [1.29, 1.82) is 0 Å². The van der Waals surface area contributed by atoms with Gasteiger partial charge in [0.25, 0.3) is 5.89 Å². The second-order valence-corrected chi connectivity index (χ2v) is 6.70. The average molecular weight is 428 g/mol. The summed E-state index contributed by atoms with van der Waals surface area (Å²) in [4.78, 5) is 17.5. The van der Waals surface area contributed by atoms with Crippen LogP contribution in [0.4, 0.5) is 19.3 Å². The number of alkyl halides is 1. The van der Waals surface area contributed by atoms with Gasteiger partial charge in [-0.2, -0.15) is 10.1 Å². The van der Waals surface area contributed by atoms with E-state index in [1.165, 1.54) is 40.3 Å². The molecule has 13 heteroatoms. The third-order valence-corrected chi connectivity index (χ3v) is 4.65. The second kappa shape index (κ2) is 7.59. The molecule has 4 heterocycles. The van der Waals surface area contributed by atoms with Crippen molar-refractivity contribution >= 4 is 11.8 Å². The first-order valence-electron chi connectivity index (χ1n) is 9.16. The van der Waals surface area contributed by atoms with E-state index in [2.05, 4.69) is 25.6 Å². The van der Waals surface area contributed by atoms with Crippen molar-refractivity contribution in [2.75, 3.05) is 11.4 Å². The number of aromatic nitrogens is 7. The van der Waals surface area contributed by atoms with Crippen molar-refractivity contribution in [3.05, 3.63) is 54.7 Å². The highest BCUT2D eigenvalue weighted by Gasteiger charge is 2.33. The number of rotatable bonds is 6. The Bertz CT molecular complexity index is 1220. The Hall–Kier alpha value is -4.16. The van der Waals surface area contributed by atoms with E-state index < -0.39 is 24.7 Å². The largest absolute Gasteiger partial charge is 0.442 e. The van der Waals surface area contributed by atoms with Gasteiger partial charge in [0.1, 0.15) is 11.8 Å². The molecule has 0 radical (unpaired) electrons. The molecule has 3 aromatic heterocycles. The highest BCUT2D eigenvalue weighted by Crippen LogP contribution is 2.26. The minimum absolute atomic E-state index is 0.147. The number of benzene rings is 1. The Morgan fingerprint density at radius 3 is 2.94 bits per heavy atom. The molecule has 1 aliphatic heterocycles. The molecule has 0 saturated carbocycles. The first kappa shape index (κ1) is 18.8. The van der Waals surface area contributed by atoms with Crippen LogP contribution < -0.4 is 4.90 Å². The molecule has 1 aliphatic rings. The number of hydrogen-bond donors (Lipinski definition) is 0. The van der Waals surface area contributed by atoms with E-state index in [9.17, 15) is 13.6 Å². The molecule has 0 aliphatic carbocycles. The van der Waals surface area contributed by atoms with Gasteiger partial charge in [-0.25, -0.2) is 22.9 Å². The lowest BCUT2D eigenvalue weighted by Crippen LogP contribution is -2.26. The number of cyclic esters (lactones) is 1. The maximum absolute atomic E-state index is 14.8. The summed E-state index contributed by atoms with van der Waals surface area (Å²) >= 11 is 0. The predicted octanol–water partition coefficient (Wildman–Crippen LogP) is 2.15. The van der Waals surface area contributed by atoms with Crippen LogP contribution in [-0.2, 0) is 18.0 Å². The Morgan fingerprint density at radius 1 is 1.29 bits per heavy atom. The average Bonchev–Trinajstić information content (AvgIpc) is 3.55. The molecular formula is C18H14F2N8O3. The lowest BCUT2D eigenvalue weighted by atomic mass is 10.2. The van der Waals surface area contributed by atoms with E-state index in [-0.39, 0.29) is 23.9 Å². The zero-order valence-electron chi connectivity index (χ0n) is 15.8. The Balaban J connectivity index is 1.34. The standard InChI is InChI=1S/C18H14F2N8O3/c19-6-16-23-17(24-31-16)11-7-22-28(8-11)15-2-1-12(5-14(15)20)27-10-13(30-18(27)29)9-26-4-3-21-25-26/h1-5,7-8,13H,6,9-10H2/t13-/m0/s1. The molecule has 0 bridgehead atoms. The quantitative estimate of drug-likeness (QED) is 0.459. The summed E-state index contributed by atoms with van der Waals surface area (Å²) in [5.74, 6) is -0.607. The van der Waals surface area contributed by atoms with Gasteiger partial charge in [0.2, 0.25) is 5.82 Å². The molecule has 5 rings (SSSR count). The fourth-order valence-corrected chi connectivity index (χ4v) is 3.21. The first-order valence-corrected chi connectivity index (χ1v) is 9.16. The van der Waals surface area contributed by atoms with E-state index in [4.69, 9.17) is 9.26 Å². The topological polar surface area (TPSA) is 117 Å². The second-order valence-electron chi connectivity index (χ2n) is 6.70. The van der Waals surface area contributed by atoms with Crippen molar-refractivity contribution in [3.63, 3.8) is 0 Å². The van der Waals surface area contributed by atoms with Gasteiger partial charge < -0.3 is 9.26 Å². The molecule has 4 aromatic rings. The van der Waals surface area contributed by atoms with Crippen LogP contribution in [0.5, 0.6) is 0 Å². The SMILES string of the molecule is O=C1O[C@@H](Cn2ccnn2)CN1c1ccc(-n2cc(-c3noc(CF)n3)cn2)c(F)c1. The molecule has 1 saturated heterocycles. The molecule has 158 valence electrons. The van der Waals surface area contributed by atoms with Crippen LogP contribution in [0.3, 0.4) is 0 Å². The summed E-state index contributed by atoms with van der Waals surface area (Å²) in [6.07, 6.45) is 5.09. The first-order chi connectivity index (χ1) is 15.1. The van der Waals surface area contributed by atoms with Gasteiger partial charge in [-0.05, 0) is 18.2 Å². The summed E-state index contributed by atoms with van der Waals surface area (Å²) < 4.78 is 40.3. The van der Waals surface area contributed by atoms with Crippen LogP contribution in [0.25, 0.3) is 17.1 Å². The van der Waals surface area contributed by atoms with E-state index in [1.807, 2.05) is 0 Å². The van der Waals surface area contributed by atoms with Crippen LogP contribution in [0, 0.1) is 5.82 Å². The van der Waals surface area contributed by atoms with Gasteiger partial charge >= 0.3 is 6.09 Å². The predicted molar refractivity (Wildman–Crippen MR) is 99.3 cm³/mol. The number of amides is 1. The van der Waals surface area contributed by atoms with Crippen molar-refractivity contribution in [2.45, 2.75) is 19.3 Å². The number of nitrogens with zero attached hydrogens (tertiary/aromatic N) is 8. The Labute approximate surface area is 172 Å². The monoisotopic (exact) mass is 428 g/mol. The third-order valence-electron chi connectivity index (χ3n) is 4.65. The van der Waals surface area contributed by atoms with Crippen LogP contribution in [0.2, 0.25) is 0 Å². The number of hydrogen-bond acceptors (Lipinski definition) is 8. The molecular weight excluding hydrogens is 414 g/mol. The summed E-state index contributed by atoms with van der Waals surface area (Å²) in [7, 11) is 0. The number of anilines is 1. The molecule has 0 N–H and O–H groups in total. The molecule has 31 heavy (non-hydrogen) atoms. The molecule has 11 nitrogen and oxygen atoms in total. The highest BCUT2D eigenvalue weighted by molar-refractivity contribution is 5.89. The zero-order valence-corrected chi connectivity index (χ0v) is 15.8. The number of carbonyl (C=O) groups excluding carboxylic acids is 1. The number of carbonyl (C=O) groups is 1. The number of ether oxygens (including phenoxy) is 1. The maximum atomic E-state index is 14.8. The maximum Gasteiger partial charge on any atom is 0.414 e. The van der Waals surface area contributed by atoms with Crippen molar-refractivity contribution < 1.29 is 22.8 Å². The van der Waals surface area contributed by atoms with Gasteiger partial charge in [0.05, 0.1) is 36.7 Å². The minimum Gasteiger partial charge on any atom is -0.442 e. The number of halogens is 2. The smallest absolute Gasteiger partial charge is 0.414 e. The summed E-state index contributed by atoms with van der Waals surface area (Å²) in [6, 6.07) is 4.31. The van der Waals surface area contributed by atoms with Gasteiger partial charge in [-0.15, -0.1) is 5.10 Å². The summed E-state index contributed by atoms with van der Waals surface area (Å²) in [5, 5.41) is 15.3. The van der Waals surface area contributed by atoms with Gasteiger partial charge in [0.15, 0.2) is 12.5 Å². The molecule has 1 fully saturated rings. The molecule has 0 unspecified atom stereocenters. The summed E-state index contributed by atoms with van der Waals surface area (Å²) in [5.41, 5.74) is 0.937. The zero-order chi connectivity index (χ0) is 21.4. The third kappa shape index (κ3) is 3.60. The van der Waals surface area contributed by atoms with Gasteiger partial charge in [-0.3, -0.25) is 4.90 Å². The molecule has 1 atom stereocenters. The Kier molecular flexibility index (Phi) is 4.61. The van der Waals surface area contributed by atoms with Crippen LogP contribution >= 0.6 is 0 Å². The van der Waals surface area contributed by atoms with Gasteiger partial charge in [0, 0.05) is 12.4 Å². The lowest BCUT2D eigenvalue weighted by Gasteiger charge is -2.14. The van der Waals surface area contributed by atoms with Crippen LogP contribution in [-0.4, -0.2) is 53.7 Å². The highest BCUT2D eigenvalue weighted by atomic mass is 19.1. The van der Waals surface area contributed by atoms with E-state index in [1.54, 1.807) is 16.9 Å². The van der Waals surface area contributed by atoms with Crippen LogP contribution in [0.15, 0.2) is 47.5 Å². The fraction of sp³-hybridized carbons (Fsp3) is 0.222. The van der Waals surface area contributed by atoms with Gasteiger partial charge in [-0.1, -0.05) is 10.4 Å². The van der Waals surface area contributed by atoms with Crippen molar-refractivity contribution in [3.8, 4) is 17.1 Å². The molecule has 1 aromatic carbocycles. The normalized spacial score (nSPS) is 16.1. The van der Waals surface area contributed by atoms with E-state index in [0.717, 1.165) is 0 Å². The molecule has 0 spiro atoms. The Morgan fingerprint density at radius 2 is 2.19 bits per heavy atom. The van der Waals surface area contributed by atoms with Crippen LogP contribution in [0.1, 0.15) is 5.89 Å². The van der Waals surface area contributed by atoms with E-state index >= 15 is 0 Å². The lowest BCUT2D eigenvalue weighted by molar-refractivity contribution is 0.129.